The maximum absolute atomic E-state index is 11.7. The third kappa shape index (κ3) is 6.25. The van der Waals surface area contributed by atoms with Crippen LogP contribution in [-0.4, -0.2) is 54.6 Å². The van der Waals surface area contributed by atoms with Gasteiger partial charge in [0.05, 0.1) is 6.10 Å². The summed E-state index contributed by atoms with van der Waals surface area (Å²) in [6.07, 6.45) is 2.72. The van der Waals surface area contributed by atoms with E-state index >= 15 is 0 Å². The Kier molecular flexibility index (Phi) is 6.07. The van der Waals surface area contributed by atoms with Gasteiger partial charge in [0, 0.05) is 26.8 Å². The number of rotatable bonds is 6. The molecule has 1 aliphatic rings. The Morgan fingerprint density at radius 2 is 2.00 bits per heavy atom. The molecule has 0 aromatic rings. The zero-order valence-corrected chi connectivity index (χ0v) is 12.5. The van der Waals surface area contributed by atoms with Gasteiger partial charge >= 0.3 is 6.09 Å². The van der Waals surface area contributed by atoms with Crippen LogP contribution in [0.1, 0.15) is 40.0 Å². The molecular weight excluding hydrogens is 246 g/mol. The van der Waals surface area contributed by atoms with E-state index in [1.54, 1.807) is 11.9 Å². The van der Waals surface area contributed by atoms with Crippen LogP contribution in [0.4, 0.5) is 4.79 Å². The fourth-order valence-electron chi connectivity index (χ4n) is 1.94. The van der Waals surface area contributed by atoms with Crippen LogP contribution in [-0.2, 0) is 9.47 Å². The molecule has 0 atom stereocenters. The minimum atomic E-state index is -0.451. The molecular formula is C14H27NO4. The highest BCUT2D eigenvalue weighted by Crippen LogP contribution is 2.29. The summed E-state index contributed by atoms with van der Waals surface area (Å²) in [5.74, 6) is 0.425. The van der Waals surface area contributed by atoms with E-state index in [0.29, 0.717) is 25.2 Å². The van der Waals surface area contributed by atoms with Crippen LogP contribution < -0.4 is 0 Å². The van der Waals surface area contributed by atoms with Crippen molar-refractivity contribution in [2.24, 2.45) is 5.92 Å². The Labute approximate surface area is 115 Å². The lowest BCUT2D eigenvalue weighted by atomic mass is 9.83. The minimum Gasteiger partial charge on any atom is -0.444 e. The lowest BCUT2D eigenvalue weighted by Gasteiger charge is -2.34. The van der Waals surface area contributed by atoms with Crippen LogP contribution >= 0.6 is 0 Å². The first kappa shape index (κ1) is 16.2. The van der Waals surface area contributed by atoms with Gasteiger partial charge in [-0.05, 0) is 46.0 Å². The predicted octanol–water partition coefficient (Wildman–Crippen LogP) is 2.03. The molecule has 112 valence electrons. The standard InChI is InChI=1S/C14H27NO4/c1-14(2,3)19-13(17)15(4)6-5-7-18-12-8-11(9-12)10-16/h11-12,16H,5-10H2,1-4H3. The molecule has 1 saturated carbocycles. The van der Waals surface area contributed by atoms with Gasteiger partial charge in [-0.25, -0.2) is 4.79 Å². The monoisotopic (exact) mass is 273 g/mol. The fraction of sp³-hybridized carbons (Fsp3) is 0.929. The van der Waals surface area contributed by atoms with Crippen molar-refractivity contribution >= 4 is 6.09 Å². The van der Waals surface area contributed by atoms with E-state index in [4.69, 9.17) is 14.6 Å². The van der Waals surface area contributed by atoms with Crippen LogP contribution in [0.5, 0.6) is 0 Å². The van der Waals surface area contributed by atoms with Crippen molar-refractivity contribution in [2.45, 2.75) is 51.7 Å². The van der Waals surface area contributed by atoms with Crippen LogP contribution in [0.2, 0.25) is 0 Å². The quantitative estimate of drug-likeness (QED) is 0.752. The molecule has 0 aliphatic heterocycles. The second-order valence-corrected chi connectivity index (χ2v) is 6.27. The summed E-state index contributed by atoms with van der Waals surface area (Å²) >= 11 is 0. The number of aliphatic hydroxyl groups excluding tert-OH is 1. The van der Waals surface area contributed by atoms with Crippen LogP contribution in [0.3, 0.4) is 0 Å². The summed E-state index contributed by atoms with van der Waals surface area (Å²) in [7, 11) is 1.74. The molecule has 0 aromatic carbocycles. The van der Waals surface area contributed by atoms with E-state index in [1.165, 1.54) is 0 Å². The molecule has 0 saturated heterocycles. The first-order valence-corrected chi connectivity index (χ1v) is 6.98. The Balaban J connectivity index is 2.04. The Morgan fingerprint density at radius 1 is 1.37 bits per heavy atom. The molecule has 0 unspecified atom stereocenters. The van der Waals surface area contributed by atoms with E-state index in [9.17, 15) is 4.79 Å². The number of nitrogens with zero attached hydrogens (tertiary/aromatic N) is 1. The van der Waals surface area contributed by atoms with Crippen LogP contribution in [0, 0.1) is 5.92 Å². The molecule has 0 bridgehead atoms. The lowest BCUT2D eigenvalue weighted by molar-refractivity contribution is -0.0468. The van der Waals surface area contributed by atoms with E-state index in [0.717, 1.165) is 19.3 Å². The van der Waals surface area contributed by atoms with Crippen molar-refractivity contribution in [1.29, 1.82) is 0 Å². The van der Waals surface area contributed by atoms with Crippen LogP contribution in [0.15, 0.2) is 0 Å². The maximum Gasteiger partial charge on any atom is 0.410 e. The topological polar surface area (TPSA) is 59.0 Å². The number of aliphatic hydroxyl groups is 1. The molecule has 0 aromatic heterocycles. The van der Waals surface area contributed by atoms with E-state index < -0.39 is 5.60 Å². The predicted molar refractivity (Wildman–Crippen MR) is 73.0 cm³/mol. The summed E-state index contributed by atoms with van der Waals surface area (Å²) in [6, 6.07) is 0. The highest BCUT2D eigenvalue weighted by molar-refractivity contribution is 5.67. The van der Waals surface area contributed by atoms with Gasteiger partial charge in [-0.2, -0.15) is 0 Å². The Bertz CT molecular complexity index is 282. The van der Waals surface area contributed by atoms with Crippen molar-refractivity contribution in [3.63, 3.8) is 0 Å². The summed E-state index contributed by atoms with van der Waals surface area (Å²) in [4.78, 5) is 13.2. The average molecular weight is 273 g/mol. The molecule has 0 heterocycles. The van der Waals surface area contributed by atoms with E-state index in [-0.39, 0.29) is 12.7 Å². The van der Waals surface area contributed by atoms with Crippen molar-refractivity contribution < 1.29 is 19.4 Å². The molecule has 1 fully saturated rings. The van der Waals surface area contributed by atoms with Crippen molar-refractivity contribution in [1.82, 2.24) is 4.90 Å². The zero-order valence-electron chi connectivity index (χ0n) is 12.5. The average Bonchev–Trinajstić information content (AvgIpc) is 2.23. The van der Waals surface area contributed by atoms with Gasteiger partial charge < -0.3 is 19.5 Å². The number of carbonyl (C=O) groups excluding carboxylic acids is 1. The first-order chi connectivity index (χ1) is 8.81. The highest BCUT2D eigenvalue weighted by Gasteiger charge is 2.28. The molecule has 0 spiro atoms. The van der Waals surface area contributed by atoms with E-state index in [2.05, 4.69) is 0 Å². The second-order valence-electron chi connectivity index (χ2n) is 6.27. The number of hydrogen-bond donors (Lipinski definition) is 1. The van der Waals surface area contributed by atoms with Gasteiger partial charge in [0.1, 0.15) is 5.60 Å². The first-order valence-electron chi connectivity index (χ1n) is 6.98. The molecule has 5 nitrogen and oxygen atoms in total. The Morgan fingerprint density at radius 3 is 2.53 bits per heavy atom. The largest absolute Gasteiger partial charge is 0.444 e. The summed E-state index contributed by atoms with van der Waals surface area (Å²) in [6.45, 7) is 7.12. The normalized spacial score (nSPS) is 22.8. The third-order valence-corrected chi connectivity index (χ3v) is 3.15. The zero-order chi connectivity index (χ0) is 14.5. The van der Waals surface area contributed by atoms with Gasteiger partial charge in [0.2, 0.25) is 0 Å². The molecule has 1 aliphatic carbocycles. The summed E-state index contributed by atoms with van der Waals surface area (Å²) in [5.41, 5.74) is -0.451. The third-order valence-electron chi connectivity index (χ3n) is 3.15. The van der Waals surface area contributed by atoms with Crippen molar-refractivity contribution in [2.75, 3.05) is 26.8 Å². The molecule has 5 heteroatoms. The summed E-state index contributed by atoms with van der Waals surface area (Å²) in [5, 5.41) is 8.89. The second kappa shape index (κ2) is 7.10. The highest BCUT2D eigenvalue weighted by atomic mass is 16.6. The van der Waals surface area contributed by atoms with Crippen molar-refractivity contribution in [3.8, 4) is 0 Å². The molecule has 1 N–H and O–H groups in total. The fourth-order valence-corrected chi connectivity index (χ4v) is 1.94. The molecule has 1 rings (SSSR count). The van der Waals surface area contributed by atoms with Crippen LogP contribution in [0.25, 0.3) is 0 Å². The van der Waals surface area contributed by atoms with Gasteiger partial charge in [0.15, 0.2) is 0 Å². The number of amides is 1. The number of ether oxygens (including phenoxy) is 2. The number of carbonyl (C=O) groups is 1. The van der Waals surface area contributed by atoms with Gasteiger partial charge in [0.25, 0.3) is 0 Å². The molecule has 19 heavy (non-hydrogen) atoms. The summed E-state index contributed by atoms with van der Waals surface area (Å²) < 4.78 is 10.9. The van der Waals surface area contributed by atoms with Gasteiger partial charge in [-0.1, -0.05) is 0 Å². The molecule has 1 amide bonds. The molecule has 0 radical (unpaired) electrons. The maximum atomic E-state index is 11.7. The smallest absolute Gasteiger partial charge is 0.410 e. The van der Waals surface area contributed by atoms with Crippen molar-refractivity contribution in [3.05, 3.63) is 0 Å². The SMILES string of the molecule is CN(CCCOC1CC(CO)C1)C(=O)OC(C)(C)C. The van der Waals surface area contributed by atoms with Gasteiger partial charge in [-0.15, -0.1) is 0 Å². The van der Waals surface area contributed by atoms with Gasteiger partial charge in [-0.3, -0.25) is 0 Å². The van der Waals surface area contributed by atoms with E-state index in [1.807, 2.05) is 20.8 Å². The Hall–Kier alpha value is -0.810. The lowest BCUT2D eigenvalue weighted by Crippen LogP contribution is -2.36. The number of hydrogen-bond acceptors (Lipinski definition) is 4. The minimum absolute atomic E-state index is 0.265.